The Morgan fingerprint density at radius 3 is 2.49 bits per heavy atom. The van der Waals surface area contributed by atoms with E-state index < -0.39 is 10.0 Å². The van der Waals surface area contributed by atoms with Crippen molar-refractivity contribution in [2.24, 2.45) is 10.9 Å². The van der Waals surface area contributed by atoms with E-state index in [0.717, 1.165) is 61.6 Å². The summed E-state index contributed by atoms with van der Waals surface area (Å²) in [5.41, 5.74) is 2.90. The smallest absolute Gasteiger partial charge is 0.286 e. The molecule has 0 radical (unpaired) electrons. The number of sulfonamides is 1. The molecule has 0 spiro atoms. The van der Waals surface area contributed by atoms with Gasteiger partial charge in [-0.1, -0.05) is 50.1 Å². The van der Waals surface area contributed by atoms with E-state index in [1.807, 2.05) is 48.7 Å². The van der Waals surface area contributed by atoms with Gasteiger partial charge in [-0.25, -0.2) is 13.1 Å². The van der Waals surface area contributed by atoms with Gasteiger partial charge in [-0.3, -0.25) is 4.79 Å². The molecule has 8 nitrogen and oxygen atoms in total. The number of carbonyl (C=O) groups excluding carboxylic acids is 1. The molecule has 10 heteroatoms. The molecule has 1 atom stereocenters. The van der Waals surface area contributed by atoms with Gasteiger partial charge in [0.05, 0.1) is 15.5 Å². The molecule has 3 aromatic rings. The third-order valence-corrected chi connectivity index (χ3v) is 10.8. The van der Waals surface area contributed by atoms with Crippen molar-refractivity contribution in [2.45, 2.75) is 50.3 Å². The fraction of sp³-hybridized carbons (Fsp3) is 0.387. The Balaban J connectivity index is 1.36. The van der Waals surface area contributed by atoms with Crippen molar-refractivity contribution in [2.75, 3.05) is 26.2 Å². The lowest BCUT2D eigenvalue weighted by Gasteiger charge is -2.31. The van der Waals surface area contributed by atoms with Crippen LogP contribution >= 0.6 is 11.8 Å². The van der Waals surface area contributed by atoms with Crippen LogP contribution in [0.5, 0.6) is 0 Å². The van der Waals surface area contributed by atoms with Crippen LogP contribution in [0, 0.1) is 5.92 Å². The zero-order chi connectivity index (χ0) is 28.4. The van der Waals surface area contributed by atoms with Gasteiger partial charge < -0.3 is 4.90 Å². The highest BCUT2D eigenvalue weighted by Crippen LogP contribution is 2.35. The van der Waals surface area contributed by atoms with Gasteiger partial charge in [-0.05, 0) is 73.7 Å². The maximum atomic E-state index is 13.6. The molecule has 0 saturated carbocycles. The lowest BCUT2D eigenvalue weighted by atomic mass is 10.0. The Labute approximate surface area is 246 Å². The van der Waals surface area contributed by atoms with E-state index in [1.165, 1.54) is 18.2 Å². The average molecular weight is 590 g/mol. The van der Waals surface area contributed by atoms with Crippen LogP contribution < -0.4 is 0 Å². The predicted octanol–water partition coefficient (Wildman–Crippen LogP) is 5.81. The third-order valence-electron chi connectivity index (χ3n) is 7.90. The maximum absolute atomic E-state index is 13.6. The number of aromatic nitrogens is 2. The minimum absolute atomic E-state index is 0.251. The highest BCUT2D eigenvalue weighted by Gasteiger charge is 2.30. The summed E-state index contributed by atoms with van der Waals surface area (Å²) in [6, 6.07) is 16.8. The SMILES string of the molecule is CC1CCCN(C2=NC(=O)/C(=C/c3cn(-c4ccccc4)nc3-c3cccc(S(=O)(=O)N4CCCCCC4)c3)S2)C1. The van der Waals surface area contributed by atoms with Gasteiger partial charge in [0.15, 0.2) is 5.17 Å². The summed E-state index contributed by atoms with van der Waals surface area (Å²) in [7, 11) is -3.63. The van der Waals surface area contributed by atoms with Gasteiger partial charge in [0, 0.05) is 43.5 Å². The molecule has 0 aliphatic carbocycles. The molecule has 1 aromatic heterocycles. The van der Waals surface area contributed by atoms with Crippen LogP contribution in [0.4, 0.5) is 0 Å². The number of likely N-dealkylation sites (tertiary alicyclic amines) is 1. The van der Waals surface area contributed by atoms with Crippen molar-refractivity contribution in [1.29, 1.82) is 0 Å². The quantitative estimate of drug-likeness (QED) is 0.349. The zero-order valence-electron chi connectivity index (χ0n) is 23.3. The predicted molar refractivity (Wildman–Crippen MR) is 164 cm³/mol. The first-order valence-electron chi connectivity index (χ1n) is 14.4. The second-order valence-electron chi connectivity index (χ2n) is 11.1. The molecule has 41 heavy (non-hydrogen) atoms. The molecule has 3 aliphatic heterocycles. The van der Waals surface area contributed by atoms with Gasteiger partial charge in [0.25, 0.3) is 5.91 Å². The molecular weight excluding hydrogens is 555 g/mol. The summed E-state index contributed by atoms with van der Waals surface area (Å²) in [5, 5.41) is 5.64. The Hall–Kier alpha value is -3.21. The van der Waals surface area contributed by atoms with E-state index in [4.69, 9.17) is 5.10 Å². The standard InChI is InChI=1S/C31H35N5O3S2/c1-23-11-10-16-34(21-23)31-32-30(37)28(40-31)20-25-22-36(26-13-5-4-6-14-26)33-29(25)24-12-9-15-27(19-24)41(38,39)35-17-7-2-3-8-18-35/h4-6,9,12-15,19-20,22-23H,2-3,7-8,10-11,16-18,21H2,1H3/b28-20-. The number of nitrogens with zero attached hydrogens (tertiary/aromatic N) is 5. The van der Waals surface area contributed by atoms with Crippen LogP contribution in [-0.2, 0) is 14.8 Å². The molecule has 2 fully saturated rings. The Kier molecular flexibility index (Phi) is 8.14. The molecule has 6 rings (SSSR count). The molecule has 0 bridgehead atoms. The Morgan fingerprint density at radius 1 is 0.951 bits per heavy atom. The monoisotopic (exact) mass is 589 g/mol. The van der Waals surface area contributed by atoms with E-state index in [9.17, 15) is 13.2 Å². The lowest BCUT2D eigenvalue weighted by Crippen LogP contribution is -2.37. The molecular formula is C31H35N5O3S2. The first kappa shape index (κ1) is 27.9. The van der Waals surface area contributed by atoms with Gasteiger partial charge in [-0.15, -0.1) is 0 Å². The maximum Gasteiger partial charge on any atom is 0.286 e. The van der Waals surface area contributed by atoms with E-state index in [1.54, 1.807) is 27.2 Å². The highest BCUT2D eigenvalue weighted by molar-refractivity contribution is 8.18. The molecule has 4 heterocycles. The second-order valence-corrected chi connectivity index (χ2v) is 14.0. The van der Waals surface area contributed by atoms with Crippen molar-refractivity contribution >= 4 is 38.9 Å². The van der Waals surface area contributed by atoms with Gasteiger partial charge >= 0.3 is 0 Å². The normalized spacial score (nSPS) is 21.7. The van der Waals surface area contributed by atoms with Crippen LogP contribution in [0.3, 0.4) is 0 Å². The largest absolute Gasteiger partial charge is 0.351 e. The van der Waals surface area contributed by atoms with Crippen LogP contribution in [0.1, 0.15) is 51.0 Å². The topological polar surface area (TPSA) is 87.9 Å². The summed E-state index contributed by atoms with van der Waals surface area (Å²) in [6.07, 6.45) is 9.89. The van der Waals surface area contributed by atoms with Crippen molar-refractivity contribution in [3.63, 3.8) is 0 Å². The zero-order valence-corrected chi connectivity index (χ0v) is 24.9. The molecule has 0 N–H and O–H groups in total. The second kappa shape index (κ2) is 12.0. The number of aliphatic imine (C=N–C) groups is 1. The molecule has 1 amide bonds. The molecule has 2 aromatic carbocycles. The minimum Gasteiger partial charge on any atom is -0.351 e. The molecule has 1 unspecified atom stereocenters. The van der Waals surface area contributed by atoms with Crippen molar-refractivity contribution in [3.05, 3.63) is 71.3 Å². The first-order chi connectivity index (χ1) is 19.9. The van der Waals surface area contributed by atoms with Crippen molar-refractivity contribution in [3.8, 4) is 16.9 Å². The number of hydrogen-bond acceptors (Lipinski definition) is 6. The third kappa shape index (κ3) is 6.05. The number of amides is 1. The van der Waals surface area contributed by atoms with Crippen LogP contribution in [-0.4, -0.2) is 64.7 Å². The number of para-hydroxylation sites is 1. The van der Waals surface area contributed by atoms with Gasteiger partial charge in [0.1, 0.15) is 5.69 Å². The summed E-state index contributed by atoms with van der Waals surface area (Å²) < 4.78 is 30.6. The summed E-state index contributed by atoms with van der Waals surface area (Å²) >= 11 is 1.41. The highest BCUT2D eigenvalue weighted by atomic mass is 32.2. The Morgan fingerprint density at radius 2 is 1.73 bits per heavy atom. The lowest BCUT2D eigenvalue weighted by molar-refractivity contribution is -0.113. The van der Waals surface area contributed by atoms with E-state index >= 15 is 0 Å². The van der Waals surface area contributed by atoms with E-state index in [0.29, 0.717) is 35.2 Å². The average Bonchev–Trinajstić information content (AvgIpc) is 3.45. The number of benzene rings is 2. The number of amidine groups is 1. The Bertz CT molecular complexity index is 1590. The summed E-state index contributed by atoms with van der Waals surface area (Å²) in [4.78, 5) is 20.4. The van der Waals surface area contributed by atoms with Crippen LogP contribution in [0.15, 0.2) is 75.6 Å². The fourth-order valence-corrected chi connectivity index (χ4v) is 8.21. The first-order valence-corrected chi connectivity index (χ1v) is 16.7. The minimum atomic E-state index is -3.63. The number of hydrogen-bond donors (Lipinski definition) is 0. The molecule has 214 valence electrons. The number of rotatable bonds is 5. The molecule has 3 aliphatic rings. The molecule has 2 saturated heterocycles. The van der Waals surface area contributed by atoms with Crippen LogP contribution in [0.25, 0.3) is 23.0 Å². The van der Waals surface area contributed by atoms with Gasteiger partial charge in [0.2, 0.25) is 10.0 Å². The summed E-state index contributed by atoms with van der Waals surface area (Å²) in [6.45, 7) is 5.14. The van der Waals surface area contributed by atoms with E-state index in [-0.39, 0.29) is 10.8 Å². The number of thioether (sulfide) groups is 1. The number of piperidine rings is 1. The van der Waals surface area contributed by atoms with E-state index in [2.05, 4.69) is 16.8 Å². The summed E-state index contributed by atoms with van der Waals surface area (Å²) in [5.74, 6) is 0.322. The van der Waals surface area contributed by atoms with Crippen LogP contribution in [0.2, 0.25) is 0 Å². The van der Waals surface area contributed by atoms with Gasteiger partial charge in [-0.2, -0.15) is 14.4 Å². The van der Waals surface area contributed by atoms with Crippen molar-refractivity contribution < 1.29 is 13.2 Å². The van der Waals surface area contributed by atoms with Crippen molar-refractivity contribution in [1.82, 2.24) is 19.0 Å². The fourth-order valence-electron chi connectivity index (χ4n) is 5.70. The number of carbonyl (C=O) groups is 1.